The number of ether oxygens (including phenoxy) is 2. The molecule has 0 aromatic carbocycles. The second kappa shape index (κ2) is 68.0. The molecule has 9 nitrogen and oxygen atoms in total. The van der Waals surface area contributed by atoms with Crippen LogP contribution in [0, 0.1) is 0 Å². The predicted molar refractivity (Wildman–Crippen MR) is 389 cm³/mol. The van der Waals surface area contributed by atoms with E-state index < -0.39 is 26.5 Å². The minimum atomic E-state index is -4.42. The molecule has 0 aliphatic carbocycles. The van der Waals surface area contributed by atoms with Gasteiger partial charge in [0.25, 0.3) is 0 Å². The average molecular weight is 1260 g/mol. The third-order valence-electron chi connectivity index (χ3n) is 13.8. The summed E-state index contributed by atoms with van der Waals surface area (Å²) in [5.74, 6) is -0.857. The van der Waals surface area contributed by atoms with Crippen molar-refractivity contribution >= 4 is 19.8 Å². The minimum absolute atomic E-state index is 0.0122. The maximum absolute atomic E-state index is 12.9. The van der Waals surface area contributed by atoms with Gasteiger partial charge < -0.3 is 18.9 Å². The van der Waals surface area contributed by atoms with Crippen LogP contribution in [0.4, 0.5) is 0 Å². The molecule has 2 atom stereocenters. The van der Waals surface area contributed by atoms with Gasteiger partial charge >= 0.3 is 19.8 Å². The second-order valence-corrected chi connectivity index (χ2v) is 24.9. The van der Waals surface area contributed by atoms with Crippen molar-refractivity contribution in [2.45, 2.75) is 238 Å². The highest BCUT2D eigenvalue weighted by atomic mass is 31.2. The van der Waals surface area contributed by atoms with Gasteiger partial charge in [0, 0.05) is 12.8 Å². The lowest BCUT2D eigenvalue weighted by Crippen LogP contribution is -2.37. The predicted octanol–water partition coefficient (Wildman–Crippen LogP) is 23.0. The fraction of sp³-hybridized carbons (Fsp3) is 0.550. The van der Waals surface area contributed by atoms with Crippen molar-refractivity contribution in [3.8, 4) is 0 Å². The van der Waals surface area contributed by atoms with Crippen LogP contribution in [-0.4, -0.2) is 74.9 Å². The maximum Gasteiger partial charge on any atom is 0.472 e. The smallest absolute Gasteiger partial charge is 0.462 e. The first-order valence-electron chi connectivity index (χ1n) is 34.8. The number of esters is 2. The molecule has 0 aliphatic rings. The number of likely N-dealkylation sites (N-methyl/N-ethyl adjacent to an activating group) is 1. The van der Waals surface area contributed by atoms with E-state index in [0.29, 0.717) is 17.4 Å². The number of allylic oxidation sites excluding steroid dienone is 34. The molecule has 0 aromatic heterocycles. The zero-order valence-electron chi connectivity index (χ0n) is 57.3. The monoisotopic (exact) mass is 1260 g/mol. The van der Waals surface area contributed by atoms with E-state index in [-0.39, 0.29) is 32.0 Å². The molecule has 0 fully saturated rings. The van der Waals surface area contributed by atoms with Crippen molar-refractivity contribution in [1.82, 2.24) is 0 Å². The van der Waals surface area contributed by atoms with E-state index in [1.807, 2.05) is 21.1 Å². The Hall–Kier alpha value is -5.41. The third kappa shape index (κ3) is 71.7. The van der Waals surface area contributed by atoms with Crippen LogP contribution in [0.2, 0.25) is 0 Å². The fourth-order valence-electron chi connectivity index (χ4n) is 8.55. The lowest BCUT2D eigenvalue weighted by atomic mass is 10.1. The molecule has 10 heteroatoms. The summed E-state index contributed by atoms with van der Waals surface area (Å²) in [4.78, 5) is 35.9. The lowest BCUT2D eigenvalue weighted by molar-refractivity contribution is -0.870. The number of carbonyl (C=O) groups is 2. The Bertz CT molecular complexity index is 2270. The molecule has 2 unspecified atom stereocenters. The number of rotatable bonds is 61. The van der Waals surface area contributed by atoms with E-state index >= 15 is 0 Å². The van der Waals surface area contributed by atoms with E-state index in [1.165, 1.54) is 38.5 Å². The number of phosphoric acid groups is 1. The van der Waals surface area contributed by atoms with Gasteiger partial charge in [0.1, 0.15) is 19.8 Å². The summed E-state index contributed by atoms with van der Waals surface area (Å²) in [6, 6.07) is 0. The molecule has 0 aromatic rings. The summed E-state index contributed by atoms with van der Waals surface area (Å²) in [7, 11) is 1.42. The molecule has 0 saturated carbocycles. The van der Waals surface area contributed by atoms with E-state index in [1.54, 1.807) is 0 Å². The first kappa shape index (κ1) is 84.6. The highest BCUT2D eigenvalue weighted by Crippen LogP contribution is 2.43. The number of phosphoric ester groups is 1. The van der Waals surface area contributed by atoms with Gasteiger partial charge in [-0.15, -0.1) is 0 Å². The Morgan fingerprint density at radius 3 is 0.900 bits per heavy atom. The molecule has 1 N–H and O–H groups in total. The van der Waals surface area contributed by atoms with Crippen LogP contribution in [0.1, 0.15) is 232 Å². The zero-order chi connectivity index (χ0) is 65.5. The number of carbonyl (C=O) groups excluding carboxylic acids is 2. The van der Waals surface area contributed by atoms with Crippen molar-refractivity contribution in [3.05, 3.63) is 207 Å². The molecule has 0 rings (SSSR count). The summed E-state index contributed by atoms with van der Waals surface area (Å²) >= 11 is 0. The van der Waals surface area contributed by atoms with E-state index in [0.717, 1.165) is 161 Å². The molecule has 0 amide bonds. The molecule has 0 radical (unpaired) electrons. The number of quaternary nitrogens is 1. The molecule has 0 saturated heterocycles. The van der Waals surface area contributed by atoms with Gasteiger partial charge in [0.2, 0.25) is 0 Å². The van der Waals surface area contributed by atoms with Crippen molar-refractivity contribution in [1.29, 1.82) is 0 Å². The highest BCUT2D eigenvalue weighted by molar-refractivity contribution is 7.47. The van der Waals surface area contributed by atoms with Crippen LogP contribution in [-0.2, 0) is 32.7 Å². The Kier molecular flexibility index (Phi) is 63.9. The van der Waals surface area contributed by atoms with Crippen LogP contribution in [0.5, 0.6) is 0 Å². The normalized spacial score (nSPS) is 14.4. The largest absolute Gasteiger partial charge is 0.472 e. The van der Waals surface area contributed by atoms with Crippen LogP contribution in [0.15, 0.2) is 207 Å². The van der Waals surface area contributed by atoms with Gasteiger partial charge in [-0.05, 0) is 148 Å². The fourth-order valence-corrected chi connectivity index (χ4v) is 9.29. The first-order valence-corrected chi connectivity index (χ1v) is 36.3. The Labute approximate surface area is 551 Å². The van der Waals surface area contributed by atoms with Crippen molar-refractivity contribution in [2.75, 3.05) is 47.5 Å². The summed E-state index contributed by atoms with van der Waals surface area (Å²) in [6.45, 7) is 4.13. The topological polar surface area (TPSA) is 108 Å². The van der Waals surface area contributed by atoms with Gasteiger partial charge in [-0.1, -0.05) is 278 Å². The minimum Gasteiger partial charge on any atom is -0.462 e. The van der Waals surface area contributed by atoms with Crippen molar-refractivity contribution < 1.29 is 42.1 Å². The summed E-state index contributed by atoms with van der Waals surface area (Å²) in [5, 5.41) is 0. The van der Waals surface area contributed by atoms with Crippen molar-refractivity contribution in [2.24, 2.45) is 0 Å². The van der Waals surface area contributed by atoms with Gasteiger partial charge in [-0.3, -0.25) is 18.6 Å². The highest BCUT2D eigenvalue weighted by Gasteiger charge is 2.27. The Morgan fingerprint density at radius 1 is 0.344 bits per heavy atom. The summed E-state index contributed by atoms with van der Waals surface area (Å²) in [6.07, 6.45) is 108. The summed E-state index contributed by atoms with van der Waals surface area (Å²) in [5.41, 5.74) is 0. The number of nitrogens with zero attached hydrogens (tertiary/aromatic N) is 1. The molecule has 0 aliphatic heterocycles. The average Bonchev–Trinajstić information content (AvgIpc) is 3.58. The van der Waals surface area contributed by atoms with Crippen LogP contribution < -0.4 is 0 Å². The first-order chi connectivity index (χ1) is 44.0. The number of hydrogen-bond donors (Lipinski definition) is 1. The molecule has 90 heavy (non-hydrogen) atoms. The molecular formula is C80H127NO8P+. The van der Waals surface area contributed by atoms with Crippen LogP contribution in [0.25, 0.3) is 0 Å². The van der Waals surface area contributed by atoms with Gasteiger partial charge in [0.05, 0.1) is 27.7 Å². The van der Waals surface area contributed by atoms with Crippen molar-refractivity contribution in [3.63, 3.8) is 0 Å². The second-order valence-electron chi connectivity index (χ2n) is 23.4. The van der Waals surface area contributed by atoms with Gasteiger partial charge in [-0.25, -0.2) is 4.57 Å². The van der Waals surface area contributed by atoms with Crippen LogP contribution >= 0.6 is 7.82 Å². The molecule has 0 bridgehead atoms. The van der Waals surface area contributed by atoms with E-state index in [2.05, 4.69) is 220 Å². The SMILES string of the molecule is CC/C=C\C/C=C\C/C=C\C/C=C\C/C=C\C/C=C\C/C=C\C/C=C\C/C=C\C/C=C\C/C=C\CCCCCC(=O)OC(COC(=O)CCCCCCCCCCCC/C=C\C/C=C\C/C=C\C/C=C\C/C=C\C/C=C\CC)COP(=O)(O)OCC[N+](C)(C)C. The third-order valence-corrected chi connectivity index (χ3v) is 14.8. The molecule has 504 valence electrons. The summed E-state index contributed by atoms with van der Waals surface area (Å²) < 4.78 is 34.6. The standard InChI is InChI=1S/C80H126NO8P/c1-6-8-10-12-14-16-18-20-22-24-26-28-30-32-34-36-37-38-39-40-41-42-43-45-47-49-51-53-55-57-59-61-63-65-67-69-71-73-80(83)89-78(77-88-90(84,85)87-75-74-81(3,4)5)76-86-79(82)72-70-68-66-64-62-60-58-56-54-52-50-48-46-44-35-33-31-29-27-25-23-21-19-17-15-13-11-9-7-2/h8-11,14-17,20-23,26-29,32-35,37-38,40-41,43,45-46,48-49,51,55,57,61,63,78H,6-7,12-13,18-19,24-25,30-31,36,39,42,44,47,50,52-54,56,58-60,62,64-77H2,1-5H3/p+1/b10-8-,11-9-,16-14-,17-15-,22-20-,23-21-,28-26-,29-27-,34-32-,35-33-,38-37-,41-40-,45-43-,48-46-,51-49-,57-55-,63-61-. The number of unbranched alkanes of at least 4 members (excludes halogenated alkanes) is 13. The lowest BCUT2D eigenvalue weighted by Gasteiger charge is -2.24. The maximum atomic E-state index is 12.9. The van der Waals surface area contributed by atoms with Gasteiger partial charge in [0.15, 0.2) is 6.10 Å². The van der Waals surface area contributed by atoms with E-state index in [9.17, 15) is 19.0 Å². The molecular weight excluding hydrogens is 1130 g/mol. The Morgan fingerprint density at radius 2 is 0.600 bits per heavy atom. The molecule has 0 heterocycles. The Balaban J connectivity index is 4.23. The van der Waals surface area contributed by atoms with E-state index in [4.69, 9.17) is 18.5 Å². The van der Waals surface area contributed by atoms with Gasteiger partial charge in [-0.2, -0.15) is 0 Å². The quantitative estimate of drug-likeness (QED) is 0.0211. The van der Waals surface area contributed by atoms with Crippen LogP contribution in [0.3, 0.4) is 0 Å². The zero-order valence-corrected chi connectivity index (χ0v) is 58.2. The molecule has 0 spiro atoms. The number of hydrogen-bond acceptors (Lipinski definition) is 7.